The lowest BCUT2D eigenvalue weighted by Crippen LogP contribution is -2.16. The van der Waals surface area contributed by atoms with Crippen molar-refractivity contribution >= 4 is 21.6 Å². The second-order valence-corrected chi connectivity index (χ2v) is 6.01. The van der Waals surface area contributed by atoms with Gasteiger partial charge in [0.1, 0.15) is 5.82 Å². The summed E-state index contributed by atoms with van der Waals surface area (Å²) in [5.74, 6) is -0.938. The van der Waals surface area contributed by atoms with Crippen LogP contribution in [0.15, 0.2) is 23.1 Å². The maximum absolute atomic E-state index is 13.6. The first-order chi connectivity index (χ1) is 8.74. The van der Waals surface area contributed by atoms with Crippen LogP contribution in [-0.2, 0) is 14.8 Å². The lowest BCUT2D eigenvalue weighted by Gasteiger charge is -2.10. The van der Waals surface area contributed by atoms with Crippen molar-refractivity contribution in [1.82, 2.24) is 0 Å². The SMILES string of the molecule is CCC(C)CC(=O)Nc1ccc(S(N)(=O)=O)cc1F. The molecule has 0 aliphatic carbocycles. The van der Waals surface area contributed by atoms with Crippen LogP contribution in [0.4, 0.5) is 10.1 Å². The number of hydrogen-bond acceptors (Lipinski definition) is 3. The Kier molecular flexibility index (Phi) is 5.02. The van der Waals surface area contributed by atoms with Crippen LogP contribution in [0.5, 0.6) is 0 Å². The fourth-order valence-electron chi connectivity index (χ4n) is 1.44. The molecule has 1 aromatic carbocycles. The van der Waals surface area contributed by atoms with Gasteiger partial charge in [0.25, 0.3) is 0 Å². The van der Waals surface area contributed by atoms with Crippen molar-refractivity contribution in [3.8, 4) is 0 Å². The molecule has 0 spiro atoms. The topological polar surface area (TPSA) is 89.3 Å². The minimum atomic E-state index is -3.95. The minimum absolute atomic E-state index is 0.0549. The molecule has 0 aliphatic rings. The van der Waals surface area contributed by atoms with Crippen molar-refractivity contribution in [3.05, 3.63) is 24.0 Å². The summed E-state index contributed by atoms with van der Waals surface area (Å²) >= 11 is 0. The van der Waals surface area contributed by atoms with Gasteiger partial charge in [-0.15, -0.1) is 0 Å². The van der Waals surface area contributed by atoms with Gasteiger partial charge in [0.05, 0.1) is 10.6 Å². The van der Waals surface area contributed by atoms with E-state index >= 15 is 0 Å². The van der Waals surface area contributed by atoms with E-state index in [1.165, 1.54) is 6.07 Å². The summed E-state index contributed by atoms with van der Waals surface area (Å²) in [5.41, 5.74) is -0.0549. The third-order valence-corrected chi connectivity index (χ3v) is 3.68. The Labute approximate surface area is 112 Å². The molecule has 0 fully saturated rings. The number of benzene rings is 1. The van der Waals surface area contributed by atoms with Crippen LogP contribution < -0.4 is 10.5 Å². The molecule has 0 aromatic heterocycles. The summed E-state index contributed by atoms with van der Waals surface area (Å²) in [7, 11) is -3.95. The maximum Gasteiger partial charge on any atom is 0.238 e. The first kappa shape index (κ1) is 15.6. The Morgan fingerprint density at radius 1 is 1.47 bits per heavy atom. The fraction of sp³-hybridized carbons (Fsp3) is 0.417. The van der Waals surface area contributed by atoms with E-state index in [0.29, 0.717) is 0 Å². The number of anilines is 1. The highest BCUT2D eigenvalue weighted by Gasteiger charge is 2.14. The van der Waals surface area contributed by atoms with Crippen LogP contribution in [-0.4, -0.2) is 14.3 Å². The molecule has 0 heterocycles. The number of carbonyl (C=O) groups is 1. The summed E-state index contributed by atoms with van der Waals surface area (Å²) in [5, 5.41) is 7.28. The zero-order valence-corrected chi connectivity index (χ0v) is 11.6. The standard InChI is InChI=1S/C12H17FN2O3S/c1-3-8(2)6-12(16)15-11-5-4-9(7-10(11)13)19(14,17)18/h4-5,7-8H,3,6H2,1-2H3,(H,15,16)(H2,14,17,18). The number of nitrogens with one attached hydrogen (secondary N) is 1. The number of sulfonamides is 1. The lowest BCUT2D eigenvalue weighted by molar-refractivity contribution is -0.117. The second-order valence-electron chi connectivity index (χ2n) is 4.45. The third kappa shape index (κ3) is 4.60. The van der Waals surface area contributed by atoms with Gasteiger partial charge in [0, 0.05) is 6.42 Å². The minimum Gasteiger partial charge on any atom is -0.324 e. The normalized spacial score (nSPS) is 13.1. The third-order valence-electron chi connectivity index (χ3n) is 2.77. The number of carbonyl (C=O) groups excluding carboxylic acids is 1. The summed E-state index contributed by atoms with van der Waals surface area (Å²) < 4.78 is 35.7. The Morgan fingerprint density at radius 3 is 2.58 bits per heavy atom. The fourth-order valence-corrected chi connectivity index (χ4v) is 1.96. The Balaban J connectivity index is 2.84. The number of hydrogen-bond donors (Lipinski definition) is 2. The molecule has 0 aliphatic heterocycles. The molecule has 19 heavy (non-hydrogen) atoms. The molecule has 1 amide bonds. The van der Waals surface area contributed by atoms with Crippen molar-refractivity contribution in [1.29, 1.82) is 0 Å². The lowest BCUT2D eigenvalue weighted by atomic mass is 10.1. The van der Waals surface area contributed by atoms with Crippen molar-refractivity contribution in [2.75, 3.05) is 5.32 Å². The summed E-state index contributed by atoms with van der Waals surface area (Å²) in [6.07, 6.45) is 1.13. The molecular weight excluding hydrogens is 271 g/mol. The first-order valence-corrected chi connectivity index (χ1v) is 7.41. The molecule has 0 saturated carbocycles. The highest BCUT2D eigenvalue weighted by Crippen LogP contribution is 2.19. The van der Waals surface area contributed by atoms with E-state index in [2.05, 4.69) is 5.32 Å². The summed E-state index contributed by atoms with van der Waals surface area (Å²) in [6.45, 7) is 3.87. The molecule has 5 nitrogen and oxygen atoms in total. The predicted molar refractivity (Wildman–Crippen MR) is 70.5 cm³/mol. The second kappa shape index (κ2) is 6.12. The first-order valence-electron chi connectivity index (χ1n) is 5.86. The molecule has 0 radical (unpaired) electrons. The van der Waals surface area contributed by atoms with Crippen LogP contribution in [0.1, 0.15) is 26.7 Å². The summed E-state index contributed by atoms with van der Waals surface area (Å²) in [6, 6.07) is 3.12. The largest absolute Gasteiger partial charge is 0.324 e. The van der Waals surface area contributed by atoms with E-state index in [-0.39, 0.29) is 28.8 Å². The molecule has 1 aromatic rings. The van der Waals surface area contributed by atoms with E-state index in [1.807, 2.05) is 13.8 Å². The van der Waals surface area contributed by atoms with Gasteiger partial charge >= 0.3 is 0 Å². The van der Waals surface area contributed by atoms with Crippen LogP contribution in [0.25, 0.3) is 0 Å². The van der Waals surface area contributed by atoms with Crippen molar-refractivity contribution < 1.29 is 17.6 Å². The molecular formula is C12H17FN2O3S. The van der Waals surface area contributed by atoms with Crippen molar-refractivity contribution in [3.63, 3.8) is 0 Å². The highest BCUT2D eigenvalue weighted by molar-refractivity contribution is 7.89. The van der Waals surface area contributed by atoms with Gasteiger partial charge < -0.3 is 5.32 Å². The Bertz CT molecular complexity index is 572. The Morgan fingerprint density at radius 2 is 2.11 bits per heavy atom. The van der Waals surface area contributed by atoms with E-state index in [0.717, 1.165) is 18.6 Å². The molecule has 0 bridgehead atoms. The molecule has 3 N–H and O–H groups in total. The van der Waals surface area contributed by atoms with Crippen molar-refractivity contribution in [2.45, 2.75) is 31.6 Å². The summed E-state index contributed by atoms with van der Waals surface area (Å²) in [4.78, 5) is 11.3. The average molecular weight is 288 g/mol. The molecule has 1 unspecified atom stereocenters. The van der Waals surface area contributed by atoms with Crippen LogP contribution >= 0.6 is 0 Å². The van der Waals surface area contributed by atoms with Gasteiger partial charge in [-0.2, -0.15) is 0 Å². The van der Waals surface area contributed by atoms with E-state index < -0.39 is 15.8 Å². The zero-order valence-electron chi connectivity index (χ0n) is 10.8. The number of halogens is 1. The van der Waals surface area contributed by atoms with E-state index in [1.54, 1.807) is 0 Å². The number of amides is 1. The van der Waals surface area contributed by atoms with Gasteiger partial charge in [0.2, 0.25) is 15.9 Å². The molecule has 106 valence electrons. The number of nitrogens with two attached hydrogens (primary N) is 1. The monoisotopic (exact) mass is 288 g/mol. The van der Waals surface area contributed by atoms with Gasteiger partial charge in [-0.05, 0) is 24.1 Å². The highest BCUT2D eigenvalue weighted by atomic mass is 32.2. The van der Waals surface area contributed by atoms with E-state index in [4.69, 9.17) is 5.14 Å². The van der Waals surface area contributed by atoms with E-state index in [9.17, 15) is 17.6 Å². The van der Waals surface area contributed by atoms with Crippen molar-refractivity contribution in [2.24, 2.45) is 11.1 Å². The van der Waals surface area contributed by atoms with Gasteiger partial charge in [0.15, 0.2) is 0 Å². The Hall–Kier alpha value is -1.47. The van der Waals surface area contributed by atoms with Crippen LogP contribution in [0.3, 0.4) is 0 Å². The molecule has 7 heteroatoms. The molecule has 0 saturated heterocycles. The predicted octanol–water partition coefficient (Wildman–Crippen LogP) is 1.85. The van der Waals surface area contributed by atoms with Gasteiger partial charge in [-0.1, -0.05) is 20.3 Å². The van der Waals surface area contributed by atoms with Gasteiger partial charge in [-0.25, -0.2) is 17.9 Å². The zero-order chi connectivity index (χ0) is 14.6. The number of rotatable bonds is 5. The van der Waals surface area contributed by atoms with Gasteiger partial charge in [-0.3, -0.25) is 4.79 Å². The molecule has 1 atom stereocenters. The number of primary sulfonamides is 1. The van der Waals surface area contributed by atoms with Crippen LogP contribution in [0, 0.1) is 11.7 Å². The van der Waals surface area contributed by atoms with Crippen LogP contribution in [0.2, 0.25) is 0 Å². The quantitative estimate of drug-likeness (QED) is 0.866. The maximum atomic E-state index is 13.6. The molecule has 1 rings (SSSR count). The smallest absolute Gasteiger partial charge is 0.238 e. The average Bonchev–Trinajstić information content (AvgIpc) is 2.30.